The third-order valence-corrected chi connectivity index (χ3v) is 3.27. The summed E-state index contributed by atoms with van der Waals surface area (Å²) >= 11 is 0. The van der Waals surface area contributed by atoms with Gasteiger partial charge in [-0.3, -0.25) is 4.79 Å². The Morgan fingerprint density at radius 1 is 1.24 bits per heavy atom. The summed E-state index contributed by atoms with van der Waals surface area (Å²) in [6, 6.07) is 7.95. The van der Waals surface area contributed by atoms with Gasteiger partial charge in [-0.05, 0) is 37.0 Å². The maximum absolute atomic E-state index is 11.9. The zero-order valence-electron chi connectivity index (χ0n) is 10.7. The van der Waals surface area contributed by atoms with Crippen molar-refractivity contribution in [1.29, 1.82) is 0 Å². The third-order valence-electron chi connectivity index (χ3n) is 3.27. The van der Waals surface area contributed by atoms with E-state index in [1.54, 1.807) is 0 Å². The van der Waals surface area contributed by atoms with Gasteiger partial charge in [-0.25, -0.2) is 0 Å². The maximum Gasteiger partial charge on any atom is 0.163 e. The van der Waals surface area contributed by atoms with E-state index >= 15 is 0 Å². The largest absolute Gasteiger partial charge is 0.294 e. The number of hydrogen-bond acceptors (Lipinski definition) is 1. The average Bonchev–Trinajstić information content (AvgIpc) is 2.67. The molecule has 0 unspecified atom stereocenters. The third kappa shape index (κ3) is 2.23. The second-order valence-electron chi connectivity index (χ2n) is 4.65. The van der Waals surface area contributed by atoms with E-state index in [1.807, 2.05) is 25.1 Å². The van der Waals surface area contributed by atoms with Crippen LogP contribution in [0, 0.1) is 0 Å². The van der Waals surface area contributed by atoms with Crippen LogP contribution in [0.2, 0.25) is 0 Å². The number of hydrogen-bond donors (Lipinski definition) is 0. The van der Waals surface area contributed by atoms with E-state index in [-0.39, 0.29) is 5.78 Å². The highest BCUT2D eigenvalue weighted by Crippen LogP contribution is 2.34. The van der Waals surface area contributed by atoms with E-state index in [2.05, 4.69) is 26.0 Å². The van der Waals surface area contributed by atoms with Gasteiger partial charge in [0.25, 0.3) is 0 Å². The Morgan fingerprint density at radius 3 is 2.53 bits per heavy atom. The van der Waals surface area contributed by atoms with Crippen molar-refractivity contribution >= 4 is 11.4 Å². The Balaban J connectivity index is 2.48. The van der Waals surface area contributed by atoms with Gasteiger partial charge in [0.2, 0.25) is 0 Å². The van der Waals surface area contributed by atoms with Crippen molar-refractivity contribution in [2.45, 2.75) is 33.6 Å². The number of carbonyl (C=O) groups excluding carboxylic acids is 1. The molecule has 0 N–H and O–H groups in total. The summed E-state index contributed by atoms with van der Waals surface area (Å²) in [7, 11) is 0. The van der Waals surface area contributed by atoms with Crippen LogP contribution in [0.4, 0.5) is 0 Å². The molecule has 1 aromatic rings. The van der Waals surface area contributed by atoms with Crippen LogP contribution < -0.4 is 0 Å². The number of rotatable bonds is 3. The lowest BCUT2D eigenvalue weighted by Gasteiger charge is -2.10. The Hall–Kier alpha value is -1.63. The average molecular weight is 226 g/mol. The lowest BCUT2D eigenvalue weighted by Crippen LogP contribution is -2.01. The van der Waals surface area contributed by atoms with Crippen molar-refractivity contribution < 1.29 is 4.79 Å². The van der Waals surface area contributed by atoms with E-state index < -0.39 is 0 Å². The minimum atomic E-state index is 0.227. The van der Waals surface area contributed by atoms with E-state index in [9.17, 15) is 4.79 Å². The lowest BCUT2D eigenvalue weighted by atomic mass is 9.93. The Kier molecular flexibility index (Phi) is 3.28. The van der Waals surface area contributed by atoms with Crippen molar-refractivity contribution in [3.05, 3.63) is 52.6 Å². The van der Waals surface area contributed by atoms with Gasteiger partial charge in [0, 0.05) is 12.0 Å². The molecule has 17 heavy (non-hydrogen) atoms. The zero-order valence-corrected chi connectivity index (χ0v) is 10.7. The summed E-state index contributed by atoms with van der Waals surface area (Å²) in [5.74, 6) is 0.227. The molecule has 0 amide bonds. The number of ketones is 1. The van der Waals surface area contributed by atoms with Gasteiger partial charge in [0.15, 0.2) is 5.78 Å². The summed E-state index contributed by atoms with van der Waals surface area (Å²) in [5, 5.41) is 0. The molecular weight excluding hydrogens is 208 g/mol. The van der Waals surface area contributed by atoms with Gasteiger partial charge in [-0.2, -0.15) is 0 Å². The predicted octanol–water partition coefficient (Wildman–Crippen LogP) is 4.40. The minimum absolute atomic E-state index is 0.227. The summed E-state index contributed by atoms with van der Waals surface area (Å²) in [5.41, 5.74) is 5.95. The molecule has 1 nitrogen and oxygen atoms in total. The molecule has 0 bridgehead atoms. The molecular formula is C16H18O. The van der Waals surface area contributed by atoms with Crippen molar-refractivity contribution in [3.63, 3.8) is 0 Å². The quantitative estimate of drug-likeness (QED) is 0.698. The molecule has 0 aromatic heterocycles. The molecule has 0 spiro atoms. The smallest absolute Gasteiger partial charge is 0.163 e. The predicted molar refractivity (Wildman–Crippen MR) is 72.0 cm³/mol. The first kappa shape index (κ1) is 11.8. The van der Waals surface area contributed by atoms with Crippen molar-refractivity contribution in [1.82, 2.24) is 0 Å². The normalized spacial score (nSPS) is 15.1. The first-order valence-electron chi connectivity index (χ1n) is 6.13. The Labute approximate surface area is 103 Å². The second kappa shape index (κ2) is 4.70. The SMILES string of the molecule is CCC(=O)c1ccccc1C1=C(C)C=C(C)C1. The van der Waals surface area contributed by atoms with Crippen LogP contribution in [0.15, 0.2) is 41.5 Å². The molecule has 1 aliphatic carbocycles. The molecule has 1 aromatic carbocycles. The molecule has 88 valence electrons. The van der Waals surface area contributed by atoms with Crippen LogP contribution in [0.3, 0.4) is 0 Å². The molecule has 0 radical (unpaired) electrons. The fraction of sp³-hybridized carbons (Fsp3) is 0.312. The molecule has 0 saturated heterocycles. The van der Waals surface area contributed by atoms with Crippen molar-refractivity contribution in [2.75, 3.05) is 0 Å². The Bertz CT molecular complexity index is 518. The van der Waals surface area contributed by atoms with Gasteiger partial charge < -0.3 is 0 Å². The maximum atomic E-state index is 11.9. The van der Waals surface area contributed by atoms with Crippen LogP contribution in [0.5, 0.6) is 0 Å². The summed E-state index contributed by atoms with van der Waals surface area (Å²) in [6.07, 6.45) is 3.75. The van der Waals surface area contributed by atoms with Crippen LogP contribution in [-0.2, 0) is 0 Å². The highest BCUT2D eigenvalue weighted by atomic mass is 16.1. The lowest BCUT2D eigenvalue weighted by molar-refractivity contribution is 0.0988. The molecule has 0 saturated carbocycles. The number of benzene rings is 1. The second-order valence-corrected chi connectivity index (χ2v) is 4.65. The van der Waals surface area contributed by atoms with E-state index in [0.29, 0.717) is 6.42 Å². The van der Waals surface area contributed by atoms with E-state index in [1.165, 1.54) is 16.7 Å². The summed E-state index contributed by atoms with van der Waals surface area (Å²) < 4.78 is 0. The monoisotopic (exact) mass is 226 g/mol. The fourth-order valence-corrected chi connectivity index (χ4v) is 2.41. The molecule has 1 aliphatic rings. The van der Waals surface area contributed by atoms with Crippen molar-refractivity contribution in [2.24, 2.45) is 0 Å². The molecule has 0 aliphatic heterocycles. The number of Topliss-reactive ketones (excluding diaryl/α,β-unsaturated/α-hetero) is 1. The van der Waals surface area contributed by atoms with Crippen LogP contribution >= 0.6 is 0 Å². The molecule has 0 atom stereocenters. The van der Waals surface area contributed by atoms with Crippen LogP contribution in [-0.4, -0.2) is 5.78 Å². The zero-order chi connectivity index (χ0) is 12.4. The highest BCUT2D eigenvalue weighted by Gasteiger charge is 2.17. The number of allylic oxidation sites excluding steroid dienone is 4. The van der Waals surface area contributed by atoms with E-state index in [0.717, 1.165) is 17.5 Å². The van der Waals surface area contributed by atoms with Gasteiger partial charge in [-0.15, -0.1) is 0 Å². The fourth-order valence-electron chi connectivity index (χ4n) is 2.41. The van der Waals surface area contributed by atoms with Gasteiger partial charge >= 0.3 is 0 Å². The Morgan fingerprint density at radius 2 is 1.94 bits per heavy atom. The topological polar surface area (TPSA) is 17.1 Å². The first-order chi connectivity index (χ1) is 8.13. The van der Waals surface area contributed by atoms with Gasteiger partial charge in [0.1, 0.15) is 0 Å². The van der Waals surface area contributed by atoms with E-state index in [4.69, 9.17) is 0 Å². The molecule has 2 rings (SSSR count). The minimum Gasteiger partial charge on any atom is -0.294 e. The standard InChI is InChI=1S/C16H18O/c1-4-16(17)14-8-6-5-7-13(14)15-10-11(2)9-12(15)3/h5-9H,4,10H2,1-3H3. The summed E-state index contributed by atoms with van der Waals surface area (Å²) in [4.78, 5) is 11.9. The molecule has 0 heterocycles. The molecule has 0 fully saturated rings. The van der Waals surface area contributed by atoms with Crippen LogP contribution in [0.25, 0.3) is 5.57 Å². The summed E-state index contributed by atoms with van der Waals surface area (Å²) in [6.45, 7) is 6.18. The van der Waals surface area contributed by atoms with Gasteiger partial charge in [0.05, 0.1) is 0 Å². The van der Waals surface area contributed by atoms with Gasteiger partial charge in [-0.1, -0.05) is 42.8 Å². The van der Waals surface area contributed by atoms with Crippen molar-refractivity contribution in [3.8, 4) is 0 Å². The van der Waals surface area contributed by atoms with Crippen LogP contribution in [0.1, 0.15) is 49.5 Å². The molecule has 1 heteroatoms. The highest BCUT2D eigenvalue weighted by molar-refractivity contribution is 6.01. The first-order valence-corrected chi connectivity index (χ1v) is 6.13. The number of carbonyl (C=O) groups is 1.